The quantitative estimate of drug-likeness (QED) is 0.641. The maximum absolute atomic E-state index is 11.2. The summed E-state index contributed by atoms with van der Waals surface area (Å²) in [5.41, 5.74) is 0. The van der Waals surface area contributed by atoms with E-state index < -0.39 is 15.8 Å². The zero-order chi connectivity index (χ0) is 10.1. The molecule has 6 heteroatoms. The highest BCUT2D eigenvalue weighted by molar-refractivity contribution is 7.91. The van der Waals surface area contributed by atoms with Gasteiger partial charge >= 0.3 is 5.97 Å². The summed E-state index contributed by atoms with van der Waals surface area (Å²) in [6.45, 7) is 0.431. The van der Waals surface area contributed by atoms with E-state index in [1.807, 2.05) is 0 Å². The van der Waals surface area contributed by atoms with Crippen molar-refractivity contribution in [3.63, 3.8) is 0 Å². The third-order valence-corrected chi connectivity index (χ3v) is 3.93. The predicted molar refractivity (Wildman–Crippen MR) is 47.3 cm³/mol. The van der Waals surface area contributed by atoms with E-state index in [0.29, 0.717) is 6.54 Å². The normalized spacial score (nSPS) is 28.5. The van der Waals surface area contributed by atoms with Crippen LogP contribution in [0.3, 0.4) is 0 Å². The van der Waals surface area contributed by atoms with Crippen LogP contribution in [0.5, 0.6) is 0 Å². The molecule has 1 N–H and O–H groups in total. The number of rotatable bonds is 2. The van der Waals surface area contributed by atoms with Gasteiger partial charge in [0.25, 0.3) is 0 Å². The van der Waals surface area contributed by atoms with E-state index in [1.54, 1.807) is 11.9 Å². The van der Waals surface area contributed by atoms with Gasteiger partial charge < -0.3 is 10.0 Å². The molecule has 0 radical (unpaired) electrons. The summed E-state index contributed by atoms with van der Waals surface area (Å²) in [6.07, 6.45) is -0.101. The maximum Gasteiger partial charge on any atom is 0.304 e. The van der Waals surface area contributed by atoms with Gasteiger partial charge in [-0.2, -0.15) is 0 Å². The van der Waals surface area contributed by atoms with Crippen LogP contribution in [0, 0.1) is 0 Å². The Morgan fingerprint density at radius 3 is 2.77 bits per heavy atom. The molecule has 0 bridgehead atoms. The van der Waals surface area contributed by atoms with Crippen molar-refractivity contribution < 1.29 is 18.3 Å². The van der Waals surface area contributed by atoms with Crippen LogP contribution in [0.4, 0.5) is 0 Å². The van der Waals surface area contributed by atoms with Crippen molar-refractivity contribution >= 4 is 15.8 Å². The van der Waals surface area contributed by atoms with E-state index in [2.05, 4.69) is 0 Å². The minimum Gasteiger partial charge on any atom is -0.481 e. The summed E-state index contributed by atoms with van der Waals surface area (Å²) in [7, 11) is -1.26. The summed E-state index contributed by atoms with van der Waals surface area (Å²) in [6, 6.07) is -0.365. The molecular formula is C7H13NO4S. The highest BCUT2D eigenvalue weighted by Crippen LogP contribution is 2.12. The summed E-state index contributed by atoms with van der Waals surface area (Å²) >= 11 is 0. The average Bonchev–Trinajstić information content (AvgIpc) is 1.95. The number of nitrogens with zero attached hydrogens (tertiary/aromatic N) is 1. The molecule has 0 aromatic rings. The topological polar surface area (TPSA) is 74.7 Å². The van der Waals surface area contributed by atoms with Crippen molar-refractivity contribution in [1.29, 1.82) is 0 Å². The molecule has 5 nitrogen and oxygen atoms in total. The van der Waals surface area contributed by atoms with Crippen molar-refractivity contribution in [2.75, 3.05) is 25.1 Å². The Bertz CT molecular complexity index is 298. The molecule has 13 heavy (non-hydrogen) atoms. The molecule has 76 valence electrons. The zero-order valence-electron chi connectivity index (χ0n) is 7.43. The molecule has 0 saturated carbocycles. The Kier molecular flexibility index (Phi) is 2.92. The molecule has 1 rings (SSSR count). The average molecular weight is 207 g/mol. The van der Waals surface area contributed by atoms with Crippen LogP contribution in [0.2, 0.25) is 0 Å². The van der Waals surface area contributed by atoms with Gasteiger partial charge in [0.15, 0.2) is 9.84 Å². The monoisotopic (exact) mass is 207 g/mol. The van der Waals surface area contributed by atoms with Gasteiger partial charge in [0.1, 0.15) is 0 Å². The van der Waals surface area contributed by atoms with Gasteiger partial charge in [-0.3, -0.25) is 4.79 Å². The summed E-state index contributed by atoms with van der Waals surface area (Å²) < 4.78 is 22.3. The summed E-state index contributed by atoms with van der Waals surface area (Å²) in [4.78, 5) is 12.2. The number of carbonyl (C=O) groups is 1. The second-order valence-electron chi connectivity index (χ2n) is 3.35. The molecule has 0 aromatic heterocycles. The molecule has 1 atom stereocenters. The van der Waals surface area contributed by atoms with Gasteiger partial charge in [0, 0.05) is 12.6 Å². The fourth-order valence-electron chi connectivity index (χ4n) is 1.39. The van der Waals surface area contributed by atoms with E-state index >= 15 is 0 Å². The lowest BCUT2D eigenvalue weighted by Gasteiger charge is -2.30. The highest BCUT2D eigenvalue weighted by atomic mass is 32.2. The number of hydrogen-bond acceptors (Lipinski definition) is 4. The predicted octanol–water partition coefficient (Wildman–Crippen LogP) is -0.810. The molecule has 1 unspecified atom stereocenters. The first-order valence-corrected chi connectivity index (χ1v) is 5.85. The lowest BCUT2D eigenvalue weighted by Crippen LogP contribution is -2.47. The lowest BCUT2D eigenvalue weighted by molar-refractivity contribution is -0.138. The molecular weight excluding hydrogens is 194 g/mol. The van der Waals surface area contributed by atoms with Gasteiger partial charge in [-0.25, -0.2) is 8.42 Å². The first-order valence-electron chi connectivity index (χ1n) is 4.03. The largest absolute Gasteiger partial charge is 0.481 e. The Hall–Kier alpha value is -0.620. The first kappa shape index (κ1) is 10.5. The van der Waals surface area contributed by atoms with Crippen molar-refractivity contribution in [2.45, 2.75) is 12.5 Å². The SMILES string of the molecule is CN1CCS(=O)(=O)CC1CC(=O)O. The van der Waals surface area contributed by atoms with Crippen LogP contribution in [0.1, 0.15) is 6.42 Å². The lowest BCUT2D eigenvalue weighted by atomic mass is 10.2. The molecule has 0 aliphatic carbocycles. The first-order chi connectivity index (χ1) is 5.91. The van der Waals surface area contributed by atoms with Gasteiger partial charge in [-0.15, -0.1) is 0 Å². The van der Waals surface area contributed by atoms with Crippen LogP contribution in [-0.4, -0.2) is 55.5 Å². The fourth-order valence-corrected chi connectivity index (χ4v) is 3.08. The van der Waals surface area contributed by atoms with Gasteiger partial charge in [-0.1, -0.05) is 0 Å². The van der Waals surface area contributed by atoms with Gasteiger partial charge in [0.05, 0.1) is 17.9 Å². The molecule has 1 saturated heterocycles. The highest BCUT2D eigenvalue weighted by Gasteiger charge is 2.30. The van der Waals surface area contributed by atoms with Crippen molar-refractivity contribution in [2.24, 2.45) is 0 Å². The van der Waals surface area contributed by atoms with Crippen LogP contribution < -0.4 is 0 Å². The third kappa shape index (κ3) is 2.96. The van der Waals surface area contributed by atoms with Crippen molar-refractivity contribution in [1.82, 2.24) is 4.90 Å². The Morgan fingerprint density at radius 1 is 1.62 bits per heavy atom. The minimum atomic E-state index is -3.02. The third-order valence-electron chi connectivity index (χ3n) is 2.23. The Labute approximate surface area is 77.3 Å². The summed E-state index contributed by atoms with van der Waals surface area (Å²) in [5, 5.41) is 8.53. The van der Waals surface area contributed by atoms with Crippen LogP contribution in [0.25, 0.3) is 0 Å². The molecule has 0 amide bonds. The molecule has 0 aromatic carbocycles. The standard InChI is InChI=1S/C7H13NO4S/c1-8-2-3-13(11,12)5-6(8)4-7(9)10/h6H,2-5H2,1H3,(H,9,10). The molecule has 1 fully saturated rings. The smallest absolute Gasteiger partial charge is 0.304 e. The van der Waals surface area contributed by atoms with E-state index in [1.165, 1.54) is 0 Å². The van der Waals surface area contributed by atoms with Crippen molar-refractivity contribution in [3.05, 3.63) is 0 Å². The van der Waals surface area contributed by atoms with Crippen molar-refractivity contribution in [3.8, 4) is 0 Å². The van der Waals surface area contributed by atoms with Gasteiger partial charge in [0.2, 0.25) is 0 Å². The van der Waals surface area contributed by atoms with Crippen LogP contribution in [0.15, 0.2) is 0 Å². The van der Waals surface area contributed by atoms with Crippen LogP contribution in [-0.2, 0) is 14.6 Å². The Balaban J connectivity index is 2.66. The second kappa shape index (κ2) is 3.63. The fraction of sp³-hybridized carbons (Fsp3) is 0.857. The molecule has 1 aliphatic heterocycles. The zero-order valence-corrected chi connectivity index (χ0v) is 8.25. The van der Waals surface area contributed by atoms with E-state index in [-0.39, 0.29) is 24.0 Å². The maximum atomic E-state index is 11.2. The minimum absolute atomic E-state index is 0.0319. The molecule has 1 heterocycles. The number of hydrogen-bond donors (Lipinski definition) is 1. The number of aliphatic carboxylic acids is 1. The van der Waals surface area contributed by atoms with E-state index in [4.69, 9.17) is 5.11 Å². The molecule has 1 aliphatic rings. The van der Waals surface area contributed by atoms with E-state index in [0.717, 1.165) is 0 Å². The number of carboxylic acids is 1. The molecule has 0 spiro atoms. The Morgan fingerprint density at radius 2 is 2.23 bits per heavy atom. The number of sulfone groups is 1. The second-order valence-corrected chi connectivity index (χ2v) is 5.58. The van der Waals surface area contributed by atoms with Crippen LogP contribution >= 0.6 is 0 Å². The number of carboxylic acid groups (broad SMARTS) is 1. The summed E-state index contributed by atoms with van der Waals surface area (Å²) in [5.74, 6) is -0.843. The van der Waals surface area contributed by atoms with E-state index in [9.17, 15) is 13.2 Å². The van der Waals surface area contributed by atoms with Gasteiger partial charge in [-0.05, 0) is 7.05 Å².